The fourth-order valence-electron chi connectivity index (χ4n) is 2.24. The van der Waals surface area contributed by atoms with Crippen LogP contribution >= 0.6 is 0 Å². The fraction of sp³-hybridized carbons (Fsp3) is 0.615. The van der Waals surface area contributed by atoms with Gasteiger partial charge in [-0.15, -0.1) is 0 Å². The minimum Gasteiger partial charge on any atom is -0.478 e. The zero-order valence-corrected chi connectivity index (χ0v) is 10.4. The molecule has 1 aromatic rings. The van der Waals surface area contributed by atoms with Gasteiger partial charge in [-0.2, -0.15) is 0 Å². The van der Waals surface area contributed by atoms with E-state index in [1.165, 1.54) is 12.3 Å². The highest BCUT2D eigenvalue weighted by Gasteiger charge is 2.22. The number of carboxylic acids is 1. The maximum absolute atomic E-state index is 10.7. The van der Waals surface area contributed by atoms with Gasteiger partial charge in [-0.05, 0) is 31.7 Å². The Balaban J connectivity index is 1.81. The van der Waals surface area contributed by atoms with Gasteiger partial charge in [0.2, 0.25) is 0 Å². The van der Waals surface area contributed by atoms with Crippen LogP contribution in [0.25, 0.3) is 0 Å². The van der Waals surface area contributed by atoms with Gasteiger partial charge in [-0.3, -0.25) is 0 Å². The van der Waals surface area contributed by atoms with E-state index in [1.54, 1.807) is 7.11 Å². The molecule has 0 aromatic carbocycles. The lowest BCUT2D eigenvalue weighted by atomic mass is 9.95. The van der Waals surface area contributed by atoms with Gasteiger partial charge in [-0.1, -0.05) is 0 Å². The highest BCUT2D eigenvalue weighted by molar-refractivity contribution is 5.87. The molecule has 1 aliphatic carbocycles. The Morgan fingerprint density at radius 2 is 2.28 bits per heavy atom. The van der Waals surface area contributed by atoms with Gasteiger partial charge in [0.05, 0.1) is 17.8 Å². The number of carboxylic acid groups (broad SMARTS) is 1. The van der Waals surface area contributed by atoms with Crippen molar-refractivity contribution in [2.45, 2.75) is 44.5 Å². The Morgan fingerprint density at radius 1 is 1.50 bits per heavy atom. The standard InChI is InChI=1S/C13H18O5/c1-16-10-3-2-4-11(6-10)18-8-12-5-9(7-17-12)13(14)15/h5,7,10-11H,2-4,6,8H2,1H3,(H,14,15). The SMILES string of the molecule is COC1CCCC(OCc2cc(C(=O)O)co2)C1. The summed E-state index contributed by atoms with van der Waals surface area (Å²) in [5.41, 5.74) is 0.159. The number of aromatic carboxylic acids is 1. The first kappa shape index (κ1) is 13.1. The summed E-state index contributed by atoms with van der Waals surface area (Å²) in [5, 5.41) is 8.76. The Labute approximate surface area is 106 Å². The van der Waals surface area contributed by atoms with E-state index in [0.29, 0.717) is 12.4 Å². The van der Waals surface area contributed by atoms with Crippen LogP contribution in [0.2, 0.25) is 0 Å². The first-order chi connectivity index (χ1) is 8.69. The molecule has 0 bridgehead atoms. The first-order valence-corrected chi connectivity index (χ1v) is 6.14. The third kappa shape index (κ3) is 3.34. The summed E-state index contributed by atoms with van der Waals surface area (Å²) in [5.74, 6) is -0.436. The smallest absolute Gasteiger partial charge is 0.338 e. The van der Waals surface area contributed by atoms with Gasteiger partial charge in [0, 0.05) is 7.11 Å². The largest absolute Gasteiger partial charge is 0.478 e. The van der Waals surface area contributed by atoms with Gasteiger partial charge in [-0.25, -0.2) is 4.79 Å². The van der Waals surface area contributed by atoms with Gasteiger partial charge in [0.1, 0.15) is 18.6 Å². The lowest BCUT2D eigenvalue weighted by molar-refractivity contribution is -0.0405. The van der Waals surface area contributed by atoms with Crippen LogP contribution in [0.4, 0.5) is 0 Å². The van der Waals surface area contributed by atoms with Gasteiger partial charge >= 0.3 is 5.97 Å². The molecule has 0 radical (unpaired) electrons. The molecule has 1 fully saturated rings. The van der Waals surface area contributed by atoms with E-state index in [2.05, 4.69) is 0 Å². The Morgan fingerprint density at radius 3 is 2.94 bits per heavy atom. The number of carbonyl (C=O) groups is 1. The van der Waals surface area contributed by atoms with E-state index in [9.17, 15) is 4.79 Å². The molecule has 1 heterocycles. The second-order valence-electron chi connectivity index (χ2n) is 4.56. The molecular formula is C13H18O5. The number of hydrogen-bond donors (Lipinski definition) is 1. The second-order valence-corrected chi connectivity index (χ2v) is 4.56. The maximum atomic E-state index is 10.7. The monoisotopic (exact) mass is 254 g/mol. The van der Waals surface area contributed by atoms with E-state index in [1.807, 2.05) is 0 Å². The molecule has 2 unspecified atom stereocenters. The topological polar surface area (TPSA) is 68.9 Å². The van der Waals surface area contributed by atoms with Crippen molar-refractivity contribution in [2.75, 3.05) is 7.11 Å². The number of hydrogen-bond acceptors (Lipinski definition) is 4. The third-order valence-electron chi connectivity index (χ3n) is 3.27. The van der Waals surface area contributed by atoms with Crippen molar-refractivity contribution in [3.05, 3.63) is 23.7 Å². The Hall–Kier alpha value is -1.33. The molecule has 0 aliphatic heterocycles. The number of methoxy groups -OCH3 is 1. The molecule has 18 heavy (non-hydrogen) atoms. The normalized spacial score (nSPS) is 24.1. The van der Waals surface area contributed by atoms with E-state index >= 15 is 0 Å². The van der Waals surface area contributed by atoms with E-state index < -0.39 is 5.97 Å². The third-order valence-corrected chi connectivity index (χ3v) is 3.27. The highest BCUT2D eigenvalue weighted by atomic mass is 16.5. The molecule has 0 amide bonds. The molecule has 2 atom stereocenters. The number of rotatable bonds is 5. The van der Waals surface area contributed by atoms with Crippen molar-refractivity contribution in [2.24, 2.45) is 0 Å². The summed E-state index contributed by atoms with van der Waals surface area (Å²) < 4.78 is 16.2. The van der Waals surface area contributed by atoms with Crippen LogP contribution in [0.5, 0.6) is 0 Å². The lowest BCUT2D eigenvalue weighted by Crippen LogP contribution is -2.27. The van der Waals surface area contributed by atoms with E-state index in [-0.39, 0.29) is 17.8 Å². The van der Waals surface area contributed by atoms with Crippen LogP contribution in [-0.4, -0.2) is 30.4 Å². The molecule has 0 saturated heterocycles. The molecule has 1 aliphatic rings. The van der Waals surface area contributed by atoms with Crippen LogP contribution in [0.3, 0.4) is 0 Å². The predicted octanol–water partition coefficient (Wildman–Crippen LogP) is 2.45. The van der Waals surface area contributed by atoms with Crippen LogP contribution in [0.15, 0.2) is 16.7 Å². The fourth-order valence-corrected chi connectivity index (χ4v) is 2.24. The van der Waals surface area contributed by atoms with Crippen LogP contribution < -0.4 is 0 Å². The average Bonchev–Trinajstić information content (AvgIpc) is 2.85. The Bertz CT molecular complexity index is 398. The molecule has 100 valence electrons. The van der Waals surface area contributed by atoms with Gasteiger partial charge in [0.15, 0.2) is 0 Å². The van der Waals surface area contributed by atoms with E-state index in [0.717, 1.165) is 25.7 Å². The number of furan rings is 1. The summed E-state index contributed by atoms with van der Waals surface area (Å²) in [6, 6.07) is 1.50. The zero-order chi connectivity index (χ0) is 13.0. The van der Waals surface area contributed by atoms with Gasteiger partial charge in [0.25, 0.3) is 0 Å². The van der Waals surface area contributed by atoms with Crippen LogP contribution in [0.1, 0.15) is 41.8 Å². The molecule has 1 aromatic heterocycles. The molecular weight excluding hydrogens is 236 g/mol. The first-order valence-electron chi connectivity index (χ1n) is 6.14. The highest BCUT2D eigenvalue weighted by Crippen LogP contribution is 2.24. The Kier molecular flexibility index (Phi) is 4.38. The number of ether oxygens (including phenoxy) is 2. The molecule has 5 heteroatoms. The van der Waals surface area contributed by atoms with Crippen molar-refractivity contribution in [1.82, 2.24) is 0 Å². The second kappa shape index (κ2) is 6.02. The molecule has 5 nitrogen and oxygen atoms in total. The summed E-state index contributed by atoms with van der Waals surface area (Å²) in [6.45, 7) is 0.314. The van der Waals surface area contributed by atoms with Crippen molar-refractivity contribution in [3.63, 3.8) is 0 Å². The van der Waals surface area contributed by atoms with Crippen molar-refractivity contribution in [1.29, 1.82) is 0 Å². The van der Waals surface area contributed by atoms with Crippen LogP contribution in [-0.2, 0) is 16.1 Å². The summed E-state index contributed by atoms with van der Waals surface area (Å²) in [6.07, 6.45) is 5.77. The summed E-state index contributed by atoms with van der Waals surface area (Å²) in [4.78, 5) is 10.7. The van der Waals surface area contributed by atoms with Crippen molar-refractivity contribution in [3.8, 4) is 0 Å². The van der Waals surface area contributed by atoms with Crippen molar-refractivity contribution < 1.29 is 23.8 Å². The zero-order valence-electron chi connectivity index (χ0n) is 10.4. The van der Waals surface area contributed by atoms with Crippen molar-refractivity contribution >= 4 is 5.97 Å². The maximum Gasteiger partial charge on any atom is 0.338 e. The molecule has 2 rings (SSSR count). The average molecular weight is 254 g/mol. The molecule has 1 N–H and O–H groups in total. The molecule has 1 saturated carbocycles. The minimum absolute atomic E-state index is 0.159. The van der Waals surface area contributed by atoms with Crippen LogP contribution in [0, 0.1) is 0 Å². The summed E-state index contributed by atoms with van der Waals surface area (Å²) in [7, 11) is 1.72. The van der Waals surface area contributed by atoms with E-state index in [4.69, 9.17) is 19.0 Å². The van der Waals surface area contributed by atoms with Gasteiger partial charge < -0.3 is 19.0 Å². The quantitative estimate of drug-likeness (QED) is 0.874. The lowest BCUT2D eigenvalue weighted by Gasteiger charge is -2.27. The molecule has 0 spiro atoms. The minimum atomic E-state index is -0.984. The summed E-state index contributed by atoms with van der Waals surface area (Å²) >= 11 is 0. The predicted molar refractivity (Wildman–Crippen MR) is 63.5 cm³/mol.